The average Bonchev–Trinajstić information content (AvgIpc) is 2.83. The third-order valence-corrected chi connectivity index (χ3v) is 3.69. The molecule has 0 aliphatic rings. The third kappa shape index (κ3) is 1.56. The van der Waals surface area contributed by atoms with Gasteiger partial charge in [-0.1, -0.05) is 6.92 Å². The summed E-state index contributed by atoms with van der Waals surface area (Å²) in [5.74, 6) is 0.126. The number of hydrogen-bond acceptors (Lipinski definition) is 4. The molecule has 5 nitrogen and oxygen atoms in total. The summed E-state index contributed by atoms with van der Waals surface area (Å²) < 4.78 is 7.09. The molecule has 0 spiro atoms. The number of nitrogens with zero attached hydrogens (tertiary/aromatic N) is 2. The molecule has 0 amide bonds. The Morgan fingerprint density at radius 1 is 1.35 bits per heavy atom. The largest absolute Gasteiger partial charge is 0.508 e. The fourth-order valence-electron chi connectivity index (χ4n) is 2.63. The molecule has 0 atom stereocenters. The Labute approximate surface area is 115 Å². The van der Waals surface area contributed by atoms with Gasteiger partial charge in [0.05, 0.1) is 5.69 Å². The molecule has 104 valence electrons. The first-order valence-electron chi connectivity index (χ1n) is 6.73. The Kier molecular flexibility index (Phi) is 2.78. The highest BCUT2D eigenvalue weighted by molar-refractivity contribution is 6.06. The van der Waals surface area contributed by atoms with Gasteiger partial charge in [-0.2, -0.15) is 5.10 Å². The van der Waals surface area contributed by atoms with Gasteiger partial charge < -0.3 is 9.52 Å². The number of aromatic nitrogens is 2. The van der Waals surface area contributed by atoms with Crippen LogP contribution in [0.2, 0.25) is 0 Å². The van der Waals surface area contributed by atoms with Crippen molar-refractivity contribution in [3.05, 3.63) is 33.8 Å². The molecule has 3 aromatic rings. The normalized spacial score (nSPS) is 11.6. The molecule has 0 bridgehead atoms. The molecule has 2 aromatic heterocycles. The summed E-state index contributed by atoms with van der Waals surface area (Å²) in [6.07, 6.45) is 0.738. The topological polar surface area (TPSA) is 68.3 Å². The summed E-state index contributed by atoms with van der Waals surface area (Å²) >= 11 is 0. The van der Waals surface area contributed by atoms with Crippen molar-refractivity contribution in [2.45, 2.75) is 33.7 Å². The van der Waals surface area contributed by atoms with Gasteiger partial charge in [0.15, 0.2) is 5.52 Å². The van der Waals surface area contributed by atoms with E-state index in [1.807, 2.05) is 13.8 Å². The maximum Gasteiger partial charge on any atom is 0.362 e. The molecule has 1 aromatic carbocycles. The predicted molar refractivity (Wildman–Crippen MR) is 77.2 cm³/mol. The van der Waals surface area contributed by atoms with E-state index in [1.165, 1.54) is 0 Å². The lowest BCUT2D eigenvalue weighted by atomic mass is 10.1. The number of rotatable bonds is 2. The van der Waals surface area contributed by atoms with Crippen molar-refractivity contribution in [2.75, 3.05) is 0 Å². The van der Waals surface area contributed by atoms with Gasteiger partial charge in [-0.3, -0.25) is 4.68 Å². The number of phenolic OH excluding ortho intramolecular Hbond substituents is 1. The quantitative estimate of drug-likeness (QED) is 0.728. The summed E-state index contributed by atoms with van der Waals surface area (Å²) in [6.45, 7) is 6.30. The van der Waals surface area contributed by atoms with Crippen LogP contribution in [-0.4, -0.2) is 14.9 Å². The minimum Gasteiger partial charge on any atom is -0.508 e. The number of benzene rings is 1. The standard InChI is InChI=1S/C15H16N2O3/c1-4-10-12-9-6-7-11(18)8(3)14(9)20-15(19)13(12)17(5-2)16-10/h6-7,18H,4-5H2,1-3H3. The van der Waals surface area contributed by atoms with Gasteiger partial charge in [-0.25, -0.2) is 4.79 Å². The smallest absolute Gasteiger partial charge is 0.362 e. The van der Waals surface area contributed by atoms with E-state index in [9.17, 15) is 9.90 Å². The SMILES string of the molecule is CCc1nn(CC)c2c(=O)oc3c(C)c(O)ccc3c12. The second kappa shape index (κ2) is 4.37. The number of aryl methyl sites for hydroxylation is 3. The van der Waals surface area contributed by atoms with Crippen LogP contribution < -0.4 is 5.63 Å². The molecular formula is C15H16N2O3. The zero-order valence-electron chi connectivity index (χ0n) is 11.7. The first-order chi connectivity index (χ1) is 9.58. The highest BCUT2D eigenvalue weighted by Gasteiger charge is 2.18. The van der Waals surface area contributed by atoms with E-state index in [4.69, 9.17) is 4.42 Å². The average molecular weight is 272 g/mol. The fourth-order valence-corrected chi connectivity index (χ4v) is 2.63. The van der Waals surface area contributed by atoms with Crippen molar-refractivity contribution >= 4 is 21.9 Å². The van der Waals surface area contributed by atoms with Crippen LogP contribution in [0.25, 0.3) is 21.9 Å². The van der Waals surface area contributed by atoms with Crippen LogP contribution in [0.5, 0.6) is 5.75 Å². The summed E-state index contributed by atoms with van der Waals surface area (Å²) in [5.41, 5.74) is 1.99. The lowest BCUT2D eigenvalue weighted by molar-refractivity contribution is 0.468. The lowest BCUT2D eigenvalue weighted by Crippen LogP contribution is -2.07. The van der Waals surface area contributed by atoms with Crippen LogP contribution in [-0.2, 0) is 13.0 Å². The van der Waals surface area contributed by atoms with E-state index in [0.717, 1.165) is 22.9 Å². The minimum absolute atomic E-state index is 0.126. The number of fused-ring (bicyclic) bond motifs is 3. The van der Waals surface area contributed by atoms with E-state index in [2.05, 4.69) is 5.10 Å². The Morgan fingerprint density at radius 3 is 2.75 bits per heavy atom. The van der Waals surface area contributed by atoms with E-state index >= 15 is 0 Å². The molecule has 3 rings (SSSR count). The first-order valence-corrected chi connectivity index (χ1v) is 6.73. The van der Waals surface area contributed by atoms with Gasteiger partial charge in [0.2, 0.25) is 0 Å². The minimum atomic E-state index is -0.407. The molecular weight excluding hydrogens is 256 g/mol. The highest BCUT2D eigenvalue weighted by Crippen LogP contribution is 2.31. The highest BCUT2D eigenvalue weighted by atomic mass is 16.4. The second-order valence-corrected chi connectivity index (χ2v) is 4.82. The van der Waals surface area contributed by atoms with Crippen LogP contribution in [0.15, 0.2) is 21.3 Å². The first kappa shape index (κ1) is 12.7. The molecule has 2 heterocycles. The van der Waals surface area contributed by atoms with Gasteiger partial charge in [0.25, 0.3) is 0 Å². The molecule has 0 aliphatic heterocycles. The van der Waals surface area contributed by atoms with E-state index in [1.54, 1.807) is 23.7 Å². The molecule has 0 saturated carbocycles. The van der Waals surface area contributed by atoms with Crippen LogP contribution >= 0.6 is 0 Å². The van der Waals surface area contributed by atoms with Crippen molar-refractivity contribution < 1.29 is 9.52 Å². The Morgan fingerprint density at radius 2 is 2.10 bits per heavy atom. The molecule has 5 heteroatoms. The van der Waals surface area contributed by atoms with Crippen molar-refractivity contribution in [2.24, 2.45) is 0 Å². The maximum absolute atomic E-state index is 12.3. The lowest BCUT2D eigenvalue weighted by Gasteiger charge is -2.05. The van der Waals surface area contributed by atoms with Crippen LogP contribution in [0.4, 0.5) is 0 Å². The van der Waals surface area contributed by atoms with Crippen LogP contribution in [0, 0.1) is 6.92 Å². The molecule has 0 aliphatic carbocycles. The van der Waals surface area contributed by atoms with Crippen molar-refractivity contribution in [1.82, 2.24) is 9.78 Å². The van der Waals surface area contributed by atoms with Gasteiger partial charge in [-0.05, 0) is 32.4 Å². The monoisotopic (exact) mass is 272 g/mol. The summed E-state index contributed by atoms with van der Waals surface area (Å²) in [6, 6.07) is 3.41. The van der Waals surface area contributed by atoms with Crippen LogP contribution in [0.1, 0.15) is 25.1 Å². The van der Waals surface area contributed by atoms with Crippen molar-refractivity contribution in [1.29, 1.82) is 0 Å². The van der Waals surface area contributed by atoms with Crippen LogP contribution in [0.3, 0.4) is 0 Å². The Bertz CT molecular complexity index is 874. The fraction of sp³-hybridized carbons (Fsp3) is 0.333. The maximum atomic E-state index is 12.3. The predicted octanol–water partition coefficient (Wildman–Crippen LogP) is 2.74. The molecule has 1 N–H and O–H groups in total. The summed E-state index contributed by atoms with van der Waals surface area (Å²) in [7, 11) is 0. The molecule has 0 unspecified atom stereocenters. The third-order valence-electron chi connectivity index (χ3n) is 3.69. The van der Waals surface area contributed by atoms with Gasteiger partial charge in [-0.15, -0.1) is 0 Å². The van der Waals surface area contributed by atoms with E-state index in [-0.39, 0.29) is 5.75 Å². The van der Waals surface area contributed by atoms with E-state index in [0.29, 0.717) is 23.2 Å². The van der Waals surface area contributed by atoms with Crippen molar-refractivity contribution in [3.8, 4) is 5.75 Å². The molecule has 0 radical (unpaired) electrons. The molecule has 0 saturated heterocycles. The number of phenols is 1. The Hall–Kier alpha value is -2.30. The number of aromatic hydroxyl groups is 1. The number of hydrogen-bond donors (Lipinski definition) is 1. The zero-order chi connectivity index (χ0) is 14.4. The van der Waals surface area contributed by atoms with Gasteiger partial charge >= 0.3 is 5.63 Å². The van der Waals surface area contributed by atoms with Crippen molar-refractivity contribution in [3.63, 3.8) is 0 Å². The zero-order valence-corrected chi connectivity index (χ0v) is 11.7. The summed E-state index contributed by atoms with van der Waals surface area (Å²) in [5, 5.41) is 15.9. The van der Waals surface area contributed by atoms with E-state index < -0.39 is 5.63 Å². The Balaban J connectivity index is 2.63. The second-order valence-electron chi connectivity index (χ2n) is 4.82. The molecule has 20 heavy (non-hydrogen) atoms. The van der Waals surface area contributed by atoms with Gasteiger partial charge in [0, 0.05) is 22.9 Å². The molecule has 0 fully saturated rings. The summed E-state index contributed by atoms with van der Waals surface area (Å²) in [4.78, 5) is 12.3. The van der Waals surface area contributed by atoms with Gasteiger partial charge in [0.1, 0.15) is 11.3 Å².